The van der Waals surface area contributed by atoms with Gasteiger partial charge in [-0.2, -0.15) is 0 Å². The van der Waals surface area contributed by atoms with Crippen LogP contribution in [0.25, 0.3) is 0 Å². The van der Waals surface area contributed by atoms with E-state index in [2.05, 4.69) is 20.9 Å². The van der Waals surface area contributed by atoms with Crippen molar-refractivity contribution >= 4 is 28.3 Å². The Morgan fingerprint density at radius 3 is 2.77 bits per heavy atom. The van der Waals surface area contributed by atoms with E-state index in [0.717, 1.165) is 10.0 Å². The number of rotatable bonds is 3. The monoisotopic (exact) mass is 268 g/mol. The van der Waals surface area contributed by atoms with Gasteiger partial charge in [0, 0.05) is 22.9 Å². The lowest BCUT2D eigenvalue weighted by Gasteiger charge is -2.08. The summed E-state index contributed by atoms with van der Waals surface area (Å²) in [4.78, 5) is 3.94. The van der Waals surface area contributed by atoms with E-state index in [1.54, 1.807) is 12.4 Å². The van der Waals surface area contributed by atoms with Gasteiger partial charge >= 0.3 is 0 Å². The van der Waals surface area contributed by atoms with Crippen molar-refractivity contribution in [1.82, 2.24) is 4.98 Å². The standard InChI is InChI=1S/C8H10BrFN2.ClH/c9-7-3-6(4-12-5-7)8(11)1-2-10;/h3-5,8H,1-2,11H2;1H/t8-;/m1./s1. The zero-order valence-corrected chi connectivity index (χ0v) is 9.31. The highest BCUT2D eigenvalue weighted by Crippen LogP contribution is 2.17. The number of hydrogen-bond donors (Lipinski definition) is 1. The molecule has 1 atom stereocenters. The topological polar surface area (TPSA) is 38.9 Å². The molecule has 0 spiro atoms. The highest BCUT2D eigenvalue weighted by atomic mass is 79.9. The number of aromatic nitrogens is 1. The summed E-state index contributed by atoms with van der Waals surface area (Å²) in [5, 5.41) is 0. The summed E-state index contributed by atoms with van der Waals surface area (Å²) in [6.07, 6.45) is 3.68. The molecule has 0 aliphatic rings. The van der Waals surface area contributed by atoms with Gasteiger partial charge < -0.3 is 5.73 Å². The van der Waals surface area contributed by atoms with Crippen molar-refractivity contribution in [2.45, 2.75) is 12.5 Å². The van der Waals surface area contributed by atoms with Gasteiger partial charge in [-0.25, -0.2) is 0 Å². The van der Waals surface area contributed by atoms with E-state index >= 15 is 0 Å². The molecular weight excluding hydrogens is 258 g/mol. The molecule has 0 unspecified atom stereocenters. The minimum Gasteiger partial charge on any atom is -0.324 e. The second kappa shape index (κ2) is 6.29. The molecule has 1 heterocycles. The SMILES string of the molecule is Cl.N[C@H](CCF)c1cncc(Br)c1. The lowest BCUT2D eigenvalue weighted by Crippen LogP contribution is -2.11. The fraction of sp³-hybridized carbons (Fsp3) is 0.375. The summed E-state index contributed by atoms with van der Waals surface area (Å²) < 4.78 is 12.8. The van der Waals surface area contributed by atoms with Gasteiger partial charge in [-0.15, -0.1) is 12.4 Å². The largest absolute Gasteiger partial charge is 0.324 e. The molecule has 74 valence electrons. The molecule has 1 aromatic heterocycles. The summed E-state index contributed by atoms with van der Waals surface area (Å²) in [6.45, 7) is -0.395. The molecule has 0 saturated heterocycles. The second-order valence-electron chi connectivity index (χ2n) is 2.52. The van der Waals surface area contributed by atoms with Crippen LogP contribution in [0.4, 0.5) is 4.39 Å². The van der Waals surface area contributed by atoms with Gasteiger partial charge in [-0.1, -0.05) is 0 Å². The van der Waals surface area contributed by atoms with Crippen LogP contribution < -0.4 is 5.73 Å². The van der Waals surface area contributed by atoms with E-state index in [9.17, 15) is 4.39 Å². The van der Waals surface area contributed by atoms with Crippen LogP contribution in [0.3, 0.4) is 0 Å². The summed E-state index contributed by atoms with van der Waals surface area (Å²) in [5.41, 5.74) is 6.54. The Kier molecular flexibility index (Phi) is 6.20. The number of halogens is 3. The number of nitrogens with two attached hydrogens (primary N) is 1. The molecule has 0 aliphatic heterocycles. The lowest BCUT2D eigenvalue weighted by atomic mass is 10.1. The molecule has 0 radical (unpaired) electrons. The first kappa shape index (κ1) is 12.8. The van der Waals surface area contributed by atoms with Crippen LogP contribution in [0.1, 0.15) is 18.0 Å². The second-order valence-corrected chi connectivity index (χ2v) is 3.44. The first-order valence-electron chi connectivity index (χ1n) is 3.66. The molecule has 2 N–H and O–H groups in total. The Hall–Kier alpha value is -0.190. The quantitative estimate of drug-likeness (QED) is 0.916. The predicted molar refractivity (Wildman–Crippen MR) is 56.7 cm³/mol. The molecule has 0 fully saturated rings. The van der Waals surface area contributed by atoms with Crippen molar-refractivity contribution in [2.24, 2.45) is 5.73 Å². The van der Waals surface area contributed by atoms with Crippen molar-refractivity contribution in [3.05, 3.63) is 28.5 Å². The third kappa shape index (κ3) is 4.02. The van der Waals surface area contributed by atoms with Gasteiger partial charge in [0.05, 0.1) is 6.67 Å². The zero-order chi connectivity index (χ0) is 8.97. The van der Waals surface area contributed by atoms with E-state index in [-0.39, 0.29) is 18.4 Å². The Morgan fingerprint density at radius 1 is 1.54 bits per heavy atom. The lowest BCUT2D eigenvalue weighted by molar-refractivity contribution is 0.441. The van der Waals surface area contributed by atoms with E-state index in [1.165, 1.54) is 0 Å². The van der Waals surface area contributed by atoms with Gasteiger partial charge in [0.15, 0.2) is 0 Å². The molecule has 0 aliphatic carbocycles. The summed E-state index contributed by atoms with van der Waals surface area (Å²) >= 11 is 3.27. The maximum atomic E-state index is 11.9. The summed E-state index contributed by atoms with van der Waals surface area (Å²) in [7, 11) is 0. The molecule has 0 amide bonds. The molecular formula is C8H11BrClFN2. The number of pyridine rings is 1. The number of alkyl halides is 1. The average molecular weight is 270 g/mol. The van der Waals surface area contributed by atoms with E-state index < -0.39 is 6.67 Å². The molecule has 0 aromatic carbocycles. The molecule has 2 nitrogen and oxygen atoms in total. The van der Waals surface area contributed by atoms with Gasteiger partial charge in [0.1, 0.15) is 0 Å². The van der Waals surface area contributed by atoms with Gasteiger partial charge in [0.25, 0.3) is 0 Å². The fourth-order valence-electron chi connectivity index (χ4n) is 0.915. The first-order valence-corrected chi connectivity index (χ1v) is 4.45. The normalized spacial score (nSPS) is 11.9. The van der Waals surface area contributed by atoms with Gasteiger partial charge in [-0.05, 0) is 34.0 Å². The Labute approximate surface area is 91.3 Å². The highest BCUT2D eigenvalue weighted by molar-refractivity contribution is 9.10. The van der Waals surface area contributed by atoms with E-state index in [0.29, 0.717) is 6.42 Å². The maximum Gasteiger partial charge on any atom is 0.0912 e. The van der Waals surface area contributed by atoms with Crippen LogP contribution in [-0.4, -0.2) is 11.7 Å². The van der Waals surface area contributed by atoms with Crippen LogP contribution in [0.2, 0.25) is 0 Å². The van der Waals surface area contributed by atoms with Crippen LogP contribution in [0, 0.1) is 0 Å². The molecule has 5 heteroatoms. The maximum absolute atomic E-state index is 11.9. The van der Waals surface area contributed by atoms with Crippen molar-refractivity contribution in [3.63, 3.8) is 0 Å². The third-order valence-electron chi connectivity index (χ3n) is 1.57. The van der Waals surface area contributed by atoms with Crippen LogP contribution in [0.15, 0.2) is 22.9 Å². The Balaban J connectivity index is 0.00000144. The van der Waals surface area contributed by atoms with Crippen molar-refractivity contribution in [1.29, 1.82) is 0 Å². The van der Waals surface area contributed by atoms with Crippen molar-refractivity contribution in [3.8, 4) is 0 Å². The minimum absolute atomic E-state index is 0. The van der Waals surface area contributed by atoms with E-state index in [4.69, 9.17) is 5.73 Å². The van der Waals surface area contributed by atoms with Crippen LogP contribution >= 0.6 is 28.3 Å². The van der Waals surface area contributed by atoms with Crippen LogP contribution in [-0.2, 0) is 0 Å². The van der Waals surface area contributed by atoms with Crippen LogP contribution in [0.5, 0.6) is 0 Å². The molecule has 1 rings (SSSR count). The Morgan fingerprint density at radius 2 is 2.23 bits per heavy atom. The van der Waals surface area contributed by atoms with Gasteiger partial charge in [-0.3, -0.25) is 9.37 Å². The Bertz CT molecular complexity index is 260. The molecule has 0 bridgehead atoms. The number of nitrogens with zero attached hydrogens (tertiary/aromatic N) is 1. The highest BCUT2D eigenvalue weighted by Gasteiger charge is 2.05. The molecule has 0 saturated carbocycles. The van der Waals surface area contributed by atoms with E-state index in [1.807, 2.05) is 6.07 Å². The van der Waals surface area contributed by atoms with Gasteiger partial charge in [0.2, 0.25) is 0 Å². The van der Waals surface area contributed by atoms with Crippen molar-refractivity contribution < 1.29 is 4.39 Å². The average Bonchev–Trinajstić information content (AvgIpc) is 2.05. The fourth-order valence-corrected chi connectivity index (χ4v) is 1.30. The molecule has 1 aromatic rings. The minimum atomic E-state index is -0.395. The number of hydrogen-bond acceptors (Lipinski definition) is 2. The van der Waals surface area contributed by atoms with Crippen molar-refractivity contribution in [2.75, 3.05) is 6.67 Å². The summed E-state index contributed by atoms with van der Waals surface area (Å²) in [6, 6.07) is 1.60. The predicted octanol–water partition coefficient (Wildman–Crippen LogP) is 2.63. The first-order chi connectivity index (χ1) is 5.74. The third-order valence-corrected chi connectivity index (χ3v) is 2.01. The molecule has 13 heavy (non-hydrogen) atoms. The smallest absolute Gasteiger partial charge is 0.0912 e. The zero-order valence-electron chi connectivity index (χ0n) is 6.91. The summed E-state index contributed by atoms with van der Waals surface area (Å²) in [5.74, 6) is 0.